The highest BCUT2D eigenvalue weighted by Gasteiger charge is 2.83. The Morgan fingerprint density at radius 1 is 0.931 bits per heavy atom. The number of benzene rings is 1. The summed E-state index contributed by atoms with van der Waals surface area (Å²) >= 11 is 0. The van der Waals surface area contributed by atoms with Gasteiger partial charge in [0.1, 0.15) is 17.3 Å². The lowest BCUT2D eigenvalue weighted by molar-refractivity contribution is -0.387. The second-order valence-corrected chi connectivity index (χ2v) is 9.11. The van der Waals surface area contributed by atoms with E-state index in [-0.39, 0.29) is 19.8 Å². The fraction of sp³-hybridized carbons (Fsp3) is 0.727. The highest BCUT2D eigenvalue weighted by atomic mass is 16.9. The van der Waals surface area contributed by atoms with Gasteiger partial charge in [-0.15, -0.1) is 0 Å². The van der Waals surface area contributed by atoms with E-state index in [1.807, 2.05) is 71.9 Å². The number of fused-ring (bicyclic) bond motifs is 3. The minimum Gasteiger partial charge on any atom is -0.394 e. The van der Waals surface area contributed by atoms with Crippen LogP contribution in [0, 0.1) is 0 Å². The van der Waals surface area contributed by atoms with Gasteiger partial charge in [0, 0.05) is 5.56 Å². The minimum absolute atomic E-state index is 0.0595. The molecule has 162 valence electrons. The maximum atomic E-state index is 9.14. The molecule has 29 heavy (non-hydrogen) atoms. The minimum atomic E-state index is -1.04. The van der Waals surface area contributed by atoms with Gasteiger partial charge in [-0.1, -0.05) is 30.3 Å². The van der Waals surface area contributed by atoms with Gasteiger partial charge in [-0.3, -0.25) is 0 Å². The predicted molar refractivity (Wildman–Crippen MR) is 104 cm³/mol. The van der Waals surface area contributed by atoms with E-state index in [9.17, 15) is 0 Å². The van der Waals surface area contributed by atoms with Crippen molar-refractivity contribution in [1.29, 1.82) is 0 Å². The predicted octanol–water partition coefficient (Wildman–Crippen LogP) is 2.91. The van der Waals surface area contributed by atoms with Crippen LogP contribution in [0.2, 0.25) is 0 Å². The van der Waals surface area contributed by atoms with Crippen molar-refractivity contribution in [1.82, 2.24) is 0 Å². The first-order valence-electron chi connectivity index (χ1n) is 10.2. The molecule has 3 saturated heterocycles. The second kappa shape index (κ2) is 6.72. The standard InChI is InChI=1S/C22H32O7/c1-18(2)27-21(5)20(4)19(3,29-22(21,6)28-18)16(14-24-13-12-23)25-17(26-20)15-10-8-7-9-11-15/h7-11,16-17,23H,12-14H2,1-6H3/t16?,17?,19-,20+,21-,22+/m1/s1. The molecule has 0 spiro atoms. The topological polar surface area (TPSA) is 75.6 Å². The summed E-state index contributed by atoms with van der Waals surface area (Å²) in [6, 6.07) is 9.79. The first-order valence-corrected chi connectivity index (χ1v) is 10.2. The van der Waals surface area contributed by atoms with E-state index in [4.69, 9.17) is 33.5 Å². The molecule has 0 amide bonds. The van der Waals surface area contributed by atoms with Crippen molar-refractivity contribution in [2.45, 2.75) is 82.3 Å². The highest BCUT2D eigenvalue weighted by molar-refractivity contribution is 5.27. The van der Waals surface area contributed by atoms with Crippen LogP contribution in [0.1, 0.15) is 53.4 Å². The quantitative estimate of drug-likeness (QED) is 0.751. The third kappa shape index (κ3) is 2.91. The summed E-state index contributed by atoms with van der Waals surface area (Å²) in [4.78, 5) is 0. The van der Waals surface area contributed by atoms with Gasteiger partial charge in [0.05, 0.1) is 19.8 Å². The smallest absolute Gasteiger partial charge is 0.201 e. The van der Waals surface area contributed by atoms with E-state index in [2.05, 4.69) is 0 Å². The molecule has 3 fully saturated rings. The molecule has 0 aromatic heterocycles. The second-order valence-electron chi connectivity index (χ2n) is 9.11. The number of aliphatic hydroxyl groups is 1. The third-order valence-corrected chi connectivity index (χ3v) is 6.84. The van der Waals surface area contributed by atoms with Crippen LogP contribution in [-0.4, -0.2) is 59.4 Å². The van der Waals surface area contributed by atoms with Crippen molar-refractivity contribution in [2.24, 2.45) is 0 Å². The summed E-state index contributed by atoms with van der Waals surface area (Å²) in [6.45, 7) is 12.0. The molecule has 3 aliphatic heterocycles. The van der Waals surface area contributed by atoms with Gasteiger partial charge in [-0.05, 0) is 41.5 Å². The van der Waals surface area contributed by atoms with Crippen LogP contribution in [0.25, 0.3) is 0 Å². The van der Waals surface area contributed by atoms with Crippen molar-refractivity contribution in [3.63, 3.8) is 0 Å². The summed E-state index contributed by atoms with van der Waals surface area (Å²) in [6.07, 6.45) is -1.08. The van der Waals surface area contributed by atoms with E-state index in [0.717, 1.165) is 5.56 Å². The number of hydrogen-bond donors (Lipinski definition) is 1. The van der Waals surface area contributed by atoms with Crippen LogP contribution >= 0.6 is 0 Å². The van der Waals surface area contributed by atoms with Crippen molar-refractivity contribution in [2.75, 3.05) is 19.8 Å². The first-order chi connectivity index (χ1) is 13.5. The number of ether oxygens (including phenoxy) is 6. The van der Waals surface area contributed by atoms with Gasteiger partial charge in [0.25, 0.3) is 0 Å². The Bertz CT molecular complexity index is 755. The molecule has 0 bridgehead atoms. The maximum absolute atomic E-state index is 9.14. The zero-order chi connectivity index (χ0) is 21.1. The lowest BCUT2D eigenvalue weighted by Crippen LogP contribution is -2.70. The van der Waals surface area contributed by atoms with E-state index in [1.165, 1.54) is 0 Å². The van der Waals surface area contributed by atoms with Crippen LogP contribution in [0.3, 0.4) is 0 Å². The van der Waals surface area contributed by atoms with Gasteiger partial charge < -0.3 is 33.5 Å². The molecule has 7 nitrogen and oxygen atoms in total. The Labute approximate surface area is 172 Å². The van der Waals surface area contributed by atoms with Crippen molar-refractivity contribution >= 4 is 0 Å². The summed E-state index contributed by atoms with van der Waals surface area (Å²) in [5, 5.41) is 9.14. The largest absolute Gasteiger partial charge is 0.394 e. The number of aliphatic hydroxyl groups excluding tert-OH is 1. The molecular weight excluding hydrogens is 376 g/mol. The van der Waals surface area contributed by atoms with Gasteiger partial charge in [0.15, 0.2) is 17.7 Å². The molecule has 7 heteroatoms. The van der Waals surface area contributed by atoms with Crippen LogP contribution in [0.5, 0.6) is 0 Å². The molecule has 6 atom stereocenters. The molecule has 4 rings (SSSR count). The average Bonchev–Trinajstić information content (AvgIpc) is 2.90. The molecule has 0 radical (unpaired) electrons. The Balaban J connectivity index is 1.77. The van der Waals surface area contributed by atoms with E-state index >= 15 is 0 Å². The summed E-state index contributed by atoms with van der Waals surface area (Å²) in [7, 11) is 0. The zero-order valence-electron chi connectivity index (χ0n) is 18.1. The Morgan fingerprint density at radius 3 is 2.28 bits per heavy atom. The SMILES string of the molecule is CC1(C)O[C@@]2(C)O[C@]3(C)C(COCCO)OC(c4ccccc4)O[C@]3(C)[C@@]2(C)O1. The molecule has 2 unspecified atom stereocenters. The monoisotopic (exact) mass is 408 g/mol. The molecule has 1 aromatic carbocycles. The Morgan fingerprint density at radius 2 is 1.62 bits per heavy atom. The fourth-order valence-corrected chi connectivity index (χ4v) is 5.13. The van der Waals surface area contributed by atoms with Crippen molar-refractivity contribution in [3.05, 3.63) is 35.9 Å². The molecule has 1 aromatic rings. The van der Waals surface area contributed by atoms with Gasteiger partial charge in [0.2, 0.25) is 5.79 Å². The average molecular weight is 408 g/mol. The Hall–Kier alpha value is -1.06. The van der Waals surface area contributed by atoms with Crippen LogP contribution in [-0.2, 0) is 28.4 Å². The number of rotatable bonds is 5. The van der Waals surface area contributed by atoms with Gasteiger partial charge in [-0.25, -0.2) is 0 Å². The van der Waals surface area contributed by atoms with Gasteiger partial charge in [-0.2, -0.15) is 0 Å². The van der Waals surface area contributed by atoms with Crippen LogP contribution in [0.15, 0.2) is 30.3 Å². The third-order valence-electron chi connectivity index (χ3n) is 6.84. The summed E-state index contributed by atoms with van der Waals surface area (Å²) < 4.78 is 37.9. The lowest BCUT2D eigenvalue weighted by Gasteiger charge is -2.54. The van der Waals surface area contributed by atoms with Crippen LogP contribution in [0.4, 0.5) is 0 Å². The summed E-state index contributed by atoms with van der Waals surface area (Å²) in [5.41, 5.74) is -1.81. The van der Waals surface area contributed by atoms with E-state index in [0.29, 0.717) is 0 Å². The van der Waals surface area contributed by atoms with Crippen molar-refractivity contribution < 1.29 is 33.5 Å². The summed E-state index contributed by atoms with van der Waals surface area (Å²) in [5.74, 6) is -1.86. The normalized spacial score (nSPS) is 45.8. The van der Waals surface area contributed by atoms with Crippen LogP contribution < -0.4 is 0 Å². The lowest BCUT2D eigenvalue weighted by atomic mass is 9.70. The molecule has 1 N–H and O–H groups in total. The van der Waals surface area contributed by atoms with E-state index < -0.39 is 40.8 Å². The molecule has 0 aliphatic carbocycles. The number of hydrogen-bond acceptors (Lipinski definition) is 7. The molecule has 0 saturated carbocycles. The van der Waals surface area contributed by atoms with Gasteiger partial charge >= 0.3 is 0 Å². The molecular formula is C22H32O7. The van der Waals surface area contributed by atoms with Crippen molar-refractivity contribution in [3.8, 4) is 0 Å². The highest BCUT2D eigenvalue weighted by Crippen LogP contribution is 2.65. The fourth-order valence-electron chi connectivity index (χ4n) is 5.13. The first kappa shape index (κ1) is 21.2. The maximum Gasteiger partial charge on any atom is 0.201 e. The Kier molecular flexibility index (Phi) is 4.91. The molecule has 3 heterocycles. The van der Waals surface area contributed by atoms with E-state index in [1.54, 1.807) is 0 Å². The zero-order valence-corrected chi connectivity index (χ0v) is 18.1. The molecule has 3 aliphatic rings.